The van der Waals surface area contributed by atoms with Gasteiger partial charge in [-0.25, -0.2) is 4.79 Å². The average Bonchev–Trinajstić information content (AvgIpc) is 2.53. The molecule has 84 valence electrons. The van der Waals surface area contributed by atoms with Gasteiger partial charge in [0, 0.05) is 18.9 Å². The summed E-state index contributed by atoms with van der Waals surface area (Å²) < 4.78 is 8.45. The number of hydrogen-bond acceptors (Lipinski definition) is 2. The maximum Gasteiger partial charge on any atom is 0.332 e. The van der Waals surface area contributed by atoms with E-state index in [1.54, 1.807) is 29.5 Å². The van der Waals surface area contributed by atoms with Gasteiger partial charge < -0.3 is 9.30 Å². The van der Waals surface area contributed by atoms with Crippen LogP contribution < -0.4 is 10.4 Å². The third kappa shape index (κ3) is 1.52. The van der Waals surface area contributed by atoms with Crippen molar-refractivity contribution >= 4 is 0 Å². The maximum atomic E-state index is 11.9. The summed E-state index contributed by atoms with van der Waals surface area (Å²) in [5.74, 6) is 0.693. The molecule has 0 unspecified atom stereocenters. The first kappa shape index (κ1) is 10.5. The summed E-state index contributed by atoms with van der Waals surface area (Å²) >= 11 is 0. The van der Waals surface area contributed by atoms with Crippen molar-refractivity contribution in [1.82, 2.24) is 9.13 Å². The number of ether oxygens (including phenoxy) is 1. The number of aromatic nitrogens is 2. The monoisotopic (exact) mass is 218 g/mol. The molecule has 0 atom stereocenters. The van der Waals surface area contributed by atoms with Gasteiger partial charge in [0.2, 0.25) is 0 Å². The second-order valence-electron chi connectivity index (χ2n) is 3.67. The average molecular weight is 218 g/mol. The normalized spacial score (nSPS) is 10.4. The molecule has 1 aromatic carbocycles. The summed E-state index contributed by atoms with van der Waals surface area (Å²) in [4.78, 5) is 11.9. The van der Waals surface area contributed by atoms with Crippen LogP contribution in [-0.2, 0) is 7.05 Å². The molecule has 0 saturated carbocycles. The Labute approximate surface area is 93.7 Å². The fraction of sp³-hybridized carbons (Fsp3) is 0.250. The van der Waals surface area contributed by atoms with E-state index >= 15 is 0 Å². The number of benzene rings is 1. The van der Waals surface area contributed by atoms with Crippen molar-refractivity contribution < 1.29 is 4.74 Å². The van der Waals surface area contributed by atoms with E-state index in [1.165, 1.54) is 0 Å². The van der Waals surface area contributed by atoms with Crippen molar-refractivity contribution in [3.63, 3.8) is 0 Å². The Bertz CT molecular complexity index is 567. The first-order valence-corrected chi connectivity index (χ1v) is 5.03. The van der Waals surface area contributed by atoms with E-state index in [0.29, 0.717) is 5.75 Å². The van der Waals surface area contributed by atoms with Crippen molar-refractivity contribution in [2.45, 2.75) is 6.92 Å². The highest BCUT2D eigenvalue weighted by Gasteiger charge is 2.11. The number of methoxy groups -OCH3 is 1. The standard InChI is InChI=1S/C12H14N2O2/c1-9-8-13(2)12(15)14(9)10-6-4-5-7-11(10)16-3/h4-8H,1-3H3. The highest BCUT2D eigenvalue weighted by Crippen LogP contribution is 2.21. The lowest BCUT2D eigenvalue weighted by atomic mass is 10.3. The molecule has 4 nitrogen and oxygen atoms in total. The zero-order valence-electron chi connectivity index (χ0n) is 9.60. The van der Waals surface area contributed by atoms with Crippen LogP contribution in [0.15, 0.2) is 35.3 Å². The molecule has 2 rings (SSSR count). The Kier molecular flexibility index (Phi) is 2.56. The van der Waals surface area contributed by atoms with E-state index in [9.17, 15) is 4.79 Å². The number of aryl methyl sites for hydroxylation is 2. The Balaban J connectivity index is 2.72. The van der Waals surface area contributed by atoms with Crippen molar-refractivity contribution in [2.75, 3.05) is 7.11 Å². The highest BCUT2D eigenvalue weighted by molar-refractivity contribution is 5.47. The zero-order chi connectivity index (χ0) is 11.7. The number of rotatable bonds is 2. The van der Waals surface area contributed by atoms with E-state index in [1.807, 2.05) is 31.2 Å². The van der Waals surface area contributed by atoms with Gasteiger partial charge in [-0.2, -0.15) is 0 Å². The highest BCUT2D eigenvalue weighted by atomic mass is 16.5. The van der Waals surface area contributed by atoms with Gasteiger partial charge in [0.25, 0.3) is 0 Å². The predicted molar refractivity (Wildman–Crippen MR) is 62.3 cm³/mol. The molecule has 0 fully saturated rings. The third-order valence-electron chi connectivity index (χ3n) is 2.55. The van der Waals surface area contributed by atoms with Gasteiger partial charge in [-0.15, -0.1) is 0 Å². The third-order valence-corrected chi connectivity index (χ3v) is 2.55. The van der Waals surface area contributed by atoms with Crippen LogP contribution in [0.25, 0.3) is 5.69 Å². The molecule has 0 N–H and O–H groups in total. The Morgan fingerprint density at radius 3 is 2.50 bits per heavy atom. The van der Waals surface area contributed by atoms with Gasteiger partial charge in [0.1, 0.15) is 5.75 Å². The number of hydrogen-bond donors (Lipinski definition) is 0. The molecule has 0 spiro atoms. The molecule has 0 aliphatic carbocycles. The van der Waals surface area contributed by atoms with Crippen molar-refractivity contribution in [1.29, 1.82) is 0 Å². The van der Waals surface area contributed by atoms with Crippen molar-refractivity contribution in [2.24, 2.45) is 7.05 Å². The first-order chi connectivity index (χ1) is 7.65. The largest absolute Gasteiger partial charge is 0.495 e. The molecule has 0 bridgehead atoms. The van der Waals surface area contributed by atoms with E-state index in [-0.39, 0.29) is 5.69 Å². The molecule has 1 aromatic heterocycles. The van der Waals surface area contributed by atoms with Gasteiger partial charge >= 0.3 is 5.69 Å². The Morgan fingerprint density at radius 1 is 1.25 bits per heavy atom. The SMILES string of the molecule is COc1ccccc1-n1c(C)cn(C)c1=O. The van der Waals surface area contributed by atoms with Gasteiger partial charge in [-0.05, 0) is 19.1 Å². The number of para-hydroxylation sites is 2. The Morgan fingerprint density at radius 2 is 1.94 bits per heavy atom. The molecule has 16 heavy (non-hydrogen) atoms. The topological polar surface area (TPSA) is 36.2 Å². The minimum Gasteiger partial charge on any atom is -0.495 e. The second kappa shape index (κ2) is 3.89. The summed E-state index contributed by atoms with van der Waals surface area (Å²) in [5.41, 5.74) is 1.59. The molecular formula is C12H14N2O2. The molecule has 0 aliphatic heterocycles. The lowest BCUT2D eigenvalue weighted by Gasteiger charge is -2.09. The maximum absolute atomic E-state index is 11.9. The van der Waals surface area contributed by atoms with Crippen LogP contribution in [0.4, 0.5) is 0 Å². The number of nitrogens with zero attached hydrogens (tertiary/aromatic N) is 2. The second-order valence-corrected chi connectivity index (χ2v) is 3.67. The summed E-state index contributed by atoms with van der Waals surface area (Å²) in [6.07, 6.45) is 1.80. The summed E-state index contributed by atoms with van der Waals surface area (Å²) in [6, 6.07) is 7.48. The number of imidazole rings is 1. The van der Waals surface area contributed by atoms with Gasteiger partial charge in [0.05, 0.1) is 12.8 Å². The van der Waals surface area contributed by atoms with Crippen LogP contribution >= 0.6 is 0 Å². The smallest absolute Gasteiger partial charge is 0.332 e. The van der Waals surface area contributed by atoms with Gasteiger partial charge in [0.15, 0.2) is 0 Å². The summed E-state index contributed by atoms with van der Waals surface area (Å²) in [6.45, 7) is 1.90. The van der Waals surface area contributed by atoms with E-state index < -0.39 is 0 Å². The minimum atomic E-state index is -0.0676. The fourth-order valence-corrected chi connectivity index (χ4v) is 1.81. The summed E-state index contributed by atoms with van der Waals surface area (Å²) in [7, 11) is 3.34. The van der Waals surface area contributed by atoms with Crippen LogP contribution in [0.3, 0.4) is 0 Å². The molecule has 4 heteroatoms. The van der Waals surface area contributed by atoms with E-state index in [0.717, 1.165) is 11.4 Å². The lowest BCUT2D eigenvalue weighted by molar-refractivity contribution is 0.412. The predicted octanol–water partition coefficient (Wildman–Crippen LogP) is 1.49. The van der Waals surface area contributed by atoms with E-state index in [2.05, 4.69) is 0 Å². The van der Waals surface area contributed by atoms with Crippen LogP contribution in [0.5, 0.6) is 5.75 Å². The van der Waals surface area contributed by atoms with Gasteiger partial charge in [-0.1, -0.05) is 12.1 Å². The molecule has 0 aliphatic rings. The van der Waals surface area contributed by atoms with Gasteiger partial charge in [-0.3, -0.25) is 4.57 Å². The Hall–Kier alpha value is -1.97. The molecule has 1 heterocycles. The van der Waals surface area contributed by atoms with Crippen LogP contribution in [-0.4, -0.2) is 16.2 Å². The molecule has 0 radical (unpaired) electrons. The van der Waals surface area contributed by atoms with E-state index in [4.69, 9.17) is 4.74 Å². The molecule has 0 amide bonds. The molecule has 0 saturated heterocycles. The fourth-order valence-electron chi connectivity index (χ4n) is 1.81. The molecule has 2 aromatic rings. The lowest BCUT2D eigenvalue weighted by Crippen LogP contribution is -2.21. The van der Waals surface area contributed by atoms with Crippen molar-refractivity contribution in [3.8, 4) is 11.4 Å². The quantitative estimate of drug-likeness (QED) is 0.765. The molecular weight excluding hydrogens is 204 g/mol. The van der Waals surface area contributed by atoms with Crippen LogP contribution in [0.1, 0.15) is 5.69 Å². The summed E-state index contributed by atoms with van der Waals surface area (Å²) in [5, 5.41) is 0. The van der Waals surface area contributed by atoms with Crippen LogP contribution in [0, 0.1) is 6.92 Å². The first-order valence-electron chi connectivity index (χ1n) is 5.03. The van der Waals surface area contributed by atoms with Crippen molar-refractivity contribution in [3.05, 3.63) is 46.6 Å². The minimum absolute atomic E-state index is 0.0676. The zero-order valence-corrected chi connectivity index (χ0v) is 9.60. The van der Waals surface area contributed by atoms with Crippen LogP contribution in [0.2, 0.25) is 0 Å².